The van der Waals surface area contributed by atoms with Gasteiger partial charge in [0.15, 0.2) is 0 Å². The molecule has 3 aromatic rings. The minimum absolute atomic E-state index is 0.305. The summed E-state index contributed by atoms with van der Waals surface area (Å²) in [6.07, 6.45) is 3.98. The summed E-state index contributed by atoms with van der Waals surface area (Å²) in [7, 11) is 0. The molecule has 1 heteroatoms. The standard InChI is InChI=1S/C18H14O/c19-18-11-4-2-7-16(18)13-12-15-9-5-8-14-6-1-3-10-17(14)15/h1-13,19H/b13-12+. The van der Waals surface area contributed by atoms with Crippen molar-refractivity contribution in [3.05, 3.63) is 77.9 Å². The molecule has 3 rings (SSSR count). The number of phenols is 1. The molecule has 0 aliphatic heterocycles. The average Bonchev–Trinajstić information content (AvgIpc) is 2.46. The van der Waals surface area contributed by atoms with Gasteiger partial charge in [0.1, 0.15) is 5.75 Å². The first-order chi connectivity index (χ1) is 9.34. The van der Waals surface area contributed by atoms with Crippen LogP contribution < -0.4 is 0 Å². The van der Waals surface area contributed by atoms with Gasteiger partial charge in [-0.05, 0) is 22.4 Å². The number of rotatable bonds is 2. The zero-order chi connectivity index (χ0) is 13.1. The van der Waals surface area contributed by atoms with Gasteiger partial charge in [0.05, 0.1) is 0 Å². The second kappa shape index (κ2) is 4.99. The van der Waals surface area contributed by atoms with E-state index >= 15 is 0 Å². The van der Waals surface area contributed by atoms with Gasteiger partial charge in [-0.3, -0.25) is 0 Å². The molecule has 0 saturated carbocycles. The van der Waals surface area contributed by atoms with Crippen molar-refractivity contribution < 1.29 is 5.11 Å². The normalized spacial score (nSPS) is 11.2. The first-order valence-corrected chi connectivity index (χ1v) is 6.28. The van der Waals surface area contributed by atoms with E-state index in [0.29, 0.717) is 5.75 Å². The van der Waals surface area contributed by atoms with Crippen LogP contribution in [0.2, 0.25) is 0 Å². The number of hydrogen-bond acceptors (Lipinski definition) is 1. The van der Waals surface area contributed by atoms with Crippen LogP contribution in [0, 0.1) is 0 Å². The highest BCUT2D eigenvalue weighted by molar-refractivity contribution is 5.93. The quantitative estimate of drug-likeness (QED) is 0.649. The molecule has 0 spiro atoms. The summed E-state index contributed by atoms with van der Waals surface area (Å²) >= 11 is 0. The summed E-state index contributed by atoms with van der Waals surface area (Å²) < 4.78 is 0. The Balaban J connectivity index is 2.04. The molecule has 0 saturated heterocycles. The molecule has 0 bridgehead atoms. The van der Waals surface area contributed by atoms with E-state index in [2.05, 4.69) is 24.3 Å². The van der Waals surface area contributed by atoms with E-state index in [0.717, 1.165) is 11.1 Å². The number of phenolic OH excluding ortho intramolecular Hbond substituents is 1. The maximum absolute atomic E-state index is 9.75. The predicted molar refractivity (Wildman–Crippen MR) is 81.0 cm³/mol. The second-order valence-electron chi connectivity index (χ2n) is 4.46. The molecule has 0 aromatic heterocycles. The van der Waals surface area contributed by atoms with Crippen LogP contribution in [0.5, 0.6) is 5.75 Å². The zero-order valence-electron chi connectivity index (χ0n) is 10.5. The molecular formula is C18H14O. The van der Waals surface area contributed by atoms with Crippen molar-refractivity contribution in [3.63, 3.8) is 0 Å². The Labute approximate surface area is 112 Å². The minimum Gasteiger partial charge on any atom is -0.507 e. The number of para-hydroxylation sites is 1. The lowest BCUT2D eigenvalue weighted by Gasteiger charge is -2.02. The van der Waals surface area contributed by atoms with Crippen molar-refractivity contribution in [1.29, 1.82) is 0 Å². The van der Waals surface area contributed by atoms with Gasteiger partial charge in [0.2, 0.25) is 0 Å². The highest BCUT2D eigenvalue weighted by Crippen LogP contribution is 2.23. The highest BCUT2D eigenvalue weighted by Gasteiger charge is 1.98. The van der Waals surface area contributed by atoms with E-state index in [9.17, 15) is 5.11 Å². The fraction of sp³-hybridized carbons (Fsp3) is 0. The van der Waals surface area contributed by atoms with E-state index in [-0.39, 0.29) is 0 Å². The first kappa shape index (κ1) is 11.5. The average molecular weight is 246 g/mol. The van der Waals surface area contributed by atoms with Crippen LogP contribution in [-0.4, -0.2) is 5.11 Å². The van der Waals surface area contributed by atoms with Gasteiger partial charge in [-0.25, -0.2) is 0 Å². The molecule has 0 radical (unpaired) electrons. The van der Waals surface area contributed by atoms with Gasteiger partial charge in [0, 0.05) is 5.56 Å². The largest absolute Gasteiger partial charge is 0.507 e. The van der Waals surface area contributed by atoms with E-state index in [1.807, 2.05) is 48.6 Å². The van der Waals surface area contributed by atoms with Crippen LogP contribution in [0.15, 0.2) is 66.7 Å². The summed E-state index contributed by atoms with van der Waals surface area (Å²) in [5.41, 5.74) is 1.98. The molecule has 0 amide bonds. The number of benzene rings is 3. The SMILES string of the molecule is Oc1ccccc1/C=C/c1cccc2ccccc12. The van der Waals surface area contributed by atoms with Crippen LogP contribution in [-0.2, 0) is 0 Å². The summed E-state index contributed by atoms with van der Waals surface area (Å²) in [6.45, 7) is 0. The van der Waals surface area contributed by atoms with Crippen LogP contribution in [0.3, 0.4) is 0 Å². The summed E-state index contributed by atoms with van der Waals surface area (Å²) in [5, 5.41) is 12.2. The maximum atomic E-state index is 9.75. The van der Waals surface area contributed by atoms with Gasteiger partial charge in [0.25, 0.3) is 0 Å². The second-order valence-corrected chi connectivity index (χ2v) is 4.46. The molecule has 3 aromatic carbocycles. The van der Waals surface area contributed by atoms with Crippen molar-refractivity contribution >= 4 is 22.9 Å². The third kappa shape index (κ3) is 2.36. The molecule has 0 fully saturated rings. The smallest absolute Gasteiger partial charge is 0.122 e. The molecule has 0 heterocycles. The van der Waals surface area contributed by atoms with Crippen molar-refractivity contribution in [1.82, 2.24) is 0 Å². The van der Waals surface area contributed by atoms with Crippen molar-refractivity contribution in [2.24, 2.45) is 0 Å². The number of aromatic hydroxyl groups is 1. The van der Waals surface area contributed by atoms with Crippen LogP contribution >= 0.6 is 0 Å². The van der Waals surface area contributed by atoms with Crippen LogP contribution in [0.4, 0.5) is 0 Å². The lowest BCUT2D eigenvalue weighted by atomic mass is 10.0. The topological polar surface area (TPSA) is 20.2 Å². The maximum Gasteiger partial charge on any atom is 0.122 e. The molecule has 19 heavy (non-hydrogen) atoms. The van der Waals surface area contributed by atoms with Crippen molar-refractivity contribution in [3.8, 4) is 5.75 Å². The fourth-order valence-electron chi connectivity index (χ4n) is 2.20. The summed E-state index contributed by atoms with van der Waals surface area (Å²) in [5.74, 6) is 0.305. The molecule has 0 unspecified atom stereocenters. The molecule has 1 N–H and O–H groups in total. The van der Waals surface area contributed by atoms with Gasteiger partial charge in [-0.2, -0.15) is 0 Å². The Morgan fingerprint density at radius 1 is 0.632 bits per heavy atom. The molecule has 1 nitrogen and oxygen atoms in total. The number of fused-ring (bicyclic) bond motifs is 1. The van der Waals surface area contributed by atoms with Gasteiger partial charge in [-0.15, -0.1) is 0 Å². The van der Waals surface area contributed by atoms with Crippen molar-refractivity contribution in [2.75, 3.05) is 0 Å². The lowest BCUT2D eigenvalue weighted by Crippen LogP contribution is -1.78. The Morgan fingerprint density at radius 2 is 1.26 bits per heavy atom. The molecule has 0 aliphatic carbocycles. The monoisotopic (exact) mass is 246 g/mol. The molecule has 0 atom stereocenters. The Bertz CT molecular complexity index is 736. The van der Waals surface area contributed by atoms with Gasteiger partial charge < -0.3 is 5.11 Å². The third-order valence-corrected chi connectivity index (χ3v) is 3.20. The van der Waals surface area contributed by atoms with E-state index < -0.39 is 0 Å². The van der Waals surface area contributed by atoms with E-state index in [1.165, 1.54) is 10.8 Å². The van der Waals surface area contributed by atoms with E-state index in [4.69, 9.17) is 0 Å². The van der Waals surface area contributed by atoms with Crippen LogP contribution in [0.1, 0.15) is 11.1 Å². The Kier molecular flexibility index (Phi) is 3.03. The summed E-state index contributed by atoms with van der Waals surface area (Å²) in [4.78, 5) is 0. The van der Waals surface area contributed by atoms with Gasteiger partial charge in [-0.1, -0.05) is 72.8 Å². The van der Waals surface area contributed by atoms with E-state index in [1.54, 1.807) is 6.07 Å². The minimum atomic E-state index is 0.305. The third-order valence-electron chi connectivity index (χ3n) is 3.20. The fourth-order valence-corrected chi connectivity index (χ4v) is 2.20. The number of hydrogen-bond donors (Lipinski definition) is 1. The Morgan fingerprint density at radius 3 is 2.16 bits per heavy atom. The summed E-state index contributed by atoms with van der Waals surface area (Å²) in [6, 6.07) is 21.9. The zero-order valence-corrected chi connectivity index (χ0v) is 10.5. The molecular weight excluding hydrogens is 232 g/mol. The lowest BCUT2D eigenvalue weighted by molar-refractivity contribution is 0.474. The van der Waals surface area contributed by atoms with Gasteiger partial charge >= 0.3 is 0 Å². The molecule has 92 valence electrons. The predicted octanol–water partition coefficient (Wildman–Crippen LogP) is 4.72. The first-order valence-electron chi connectivity index (χ1n) is 6.28. The highest BCUT2D eigenvalue weighted by atomic mass is 16.3. The van der Waals surface area contributed by atoms with Crippen LogP contribution in [0.25, 0.3) is 22.9 Å². The Hall–Kier alpha value is -2.54. The molecule has 0 aliphatic rings. The van der Waals surface area contributed by atoms with Crippen molar-refractivity contribution in [2.45, 2.75) is 0 Å².